The summed E-state index contributed by atoms with van der Waals surface area (Å²) in [7, 11) is 0. The summed E-state index contributed by atoms with van der Waals surface area (Å²) < 4.78 is 5.65. The van der Waals surface area contributed by atoms with Crippen LogP contribution in [0.3, 0.4) is 0 Å². The van der Waals surface area contributed by atoms with Crippen molar-refractivity contribution in [2.24, 2.45) is 11.8 Å². The van der Waals surface area contributed by atoms with Crippen LogP contribution >= 0.6 is 11.6 Å². The molecule has 0 aromatic heterocycles. The third-order valence-electron chi connectivity index (χ3n) is 5.90. The second-order valence-electron chi connectivity index (χ2n) is 8.00. The molecule has 0 N–H and O–H groups in total. The molecule has 0 spiro atoms. The minimum absolute atomic E-state index is 0.0109. The summed E-state index contributed by atoms with van der Waals surface area (Å²) in [5.41, 5.74) is 2.12. The molecule has 0 aliphatic heterocycles. The summed E-state index contributed by atoms with van der Waals surface area (Å²) in [5.74, 6) is 1.14. The molecule has 2 nitrogen and oxygen atoms in total. The lowest BCUT2D eigenvalue weighted by Gasteiger charge is -2.27. The number of hydrogen-bond donors (Lipinski definition) is 0. The van der Waals surface area contributed by atoms with Crippen LogP contribution in [-0.2, 0) is 4.79 Å². The van der Waals surface area contributed by atoms with E-state index >= 15 is 0 Å². The van der Waals surface area contributed by atoms with Crippen LogP contribution in [0.5, 0.6) is 5.75 Å². The average molecular weight is 399 g/mol. The number of carbonyl (C=O) groups is 1. The Hall–Kier alpha value is -1.80. The van der Waals surface area contributed by atoms with Crippen molar-refractivity contribution in [3.05, 3.63) is 53.6 Å². The van der Waals surface area contributed by atoms with E-state index in [1.165, 1.54) is 32.1 Å². The van der Waals surface area contributed by atoms with E-state index in [0.29, 0.717) is 10.8 Å². The molecule has 150 valence electrons. The summed E-state index contributed by atoms with van der Waals surface area (Å²) in [5, 5.41) is 0.485. The SMILES string of the molecule is CCCCCCC1CCC(C(=O)Oc2ccc(-c3ccccc3)cc2Cl)CC1. The van der Waals surface area contributed by atoms with Crippen LogP contribution in [-0.4, -0.2) is 5.97 Å². The standard InChI is InChI=1S/C25H31ClO2/c1-2-3-4-6-9-19-12-14-21(15-13-19)25(27)28-24-17-16-22(18-23(24)26)20-10-7-5-8-11-20/h5,7-8,10-11,16-19,21H,2-4,6,9,12-15H2,1H3. The van der Waals surface area contributed by atoms with E-state index in [9.17, 15) is 4.79 Å². The smallest absolute Gasteiger partial charge is 0.314 e. The number of rotatable bonds is 8. The number of benzene rings is 2. The summed E-state index contributed by atoms with van der Waals surface area (Å²) in [6, 6.07) is 15.7. The molecule has 2 aromatic carbocycles. The predicted octanol–water partition coefficient (Wildman–Crippen LogP) is 7.69. The minimum Gasteiger partial charge on any atom is -0.425 e. The highest BCUT2D eigenvalue weighted by molar-refractivity contribution is 6.32. The Kier molecular flexibility index (Phi) is 7.97. The third kappa shape index (κ3) is 5.85. The summed E-state index contributed by atoms with van der Waals surface area (Å²) in [6.07, 6.45) is 10.8. The number of hydrogen-bond acceptors (Lipinski definition) is 2. The predicted molar refractivity (Wildman–Crippen MR) is 117 cm³/mol. The van der Waals surface area contributed by atoms with E-state index in [0.717, 1.165) is 42.7 Å². The molecule has 3 heteroatoms. The monoisotopic (exact) mass is 398 g/mol. The van der Waals surface area contributed by atoms with Gasteiger partial charge in [0.2, 0.25) is 0 Å². The van der Waals surface area contributed by atoms with Crippen molar-refractivity contribution in [1.29, 1.82) is 0 Å². The van der Waals surface area contributed by atoms with Crippen LogP contribution in [0.2, 0.25) is 5.02 Å². The molecule has 1 aliphatic rings. The highest BCUT2D eigenvalue weighted by Gasteiger charge is 2.28. The number of carbonyl (C=O) groups excluding carboxylic acids is 1. The zero-order valence-corrected chi connectivity index (χ0v) is 17.6. The lowest BCUT2D eigenvalue weighted by Crippen LogP contribution is -2.25. The van der Waals surface area contributed by atoms with Gasteiger partial charge in [-0.05, 0) is 54.9 Å². The van der Waals surface area contributed by atoms with Crippen molar-refractivity contribution >= 4 is 17.6 Å². The van der Waals surface area contributed by atoms with E-state index in [2.05, 4.69) is 6.92 Å². The Morgan fingerprint density at radius 1 is 0.964 bits per heavy atom. The Labute approximate surface area is 174 Å². The fourth-order valence-corrected chi connectivity index (χ4v) is 4.35. The summed E-state index contributed by atoms with van der Waals surface area (Å²) in [6.45, 7) is 2.25. The van der Waals surface area contributed by atoms with Crippen molar-refractivity contribution in [2.75, 3.05) is 0 Å². The van der Waals surface area contributed by atoms with Crippen LogP contribution in [0.4, 0.5) is 0 Å². The number of halogens is 1. The highest BCUT2D eigenvalue weighted by Crippen LogP contribution is 2.35. The second kappa shape index (κ2) is 10.7. The highest BCUT2D eigenvalue weighted by atomic mass is 35.5. The van der Waals surface area contributed by atoms with Crippen LogP contribution in [0, 0.1) is 11.8 Å². The van der Waals surface area contributed by atoms with Gasteiger partial charge in [0.05, 0.1) is 10.9 Å². The molecular formula is C25H31ClO2. The van der Waals surface area contributed by atoms with Gasteiger partial charge < -0.3 is 4.74 Å². The van der Waals surface area contributed by atoms with Crippen molar-refractivity contribution in [2.45, 2.75) is 64.7 Å². The van der Waals surface area contributed by atoms with E-state index in [-0.39, 0.29) is 11.9 Å². The molecule has 0 unspecified atom stereocenters. The maximum Gasteiger partial charge on any atom is 0.314 e. The Morgan fingerprint density at radius 3 is 2.39 bits per heavy atom. The van der Waals surface area contributed by atoms with Gasteiger partial charge in [-0.1, -0.05) is 87.0 Å². The first-order valence-corrected chi connectivity index (χ1v) is 11.1. The molecule has 3 rings (SSSR count). The lowest BCUT2D eigenvalue weighted by atomic mass is 9.80. The van der Waals surface area contributed by atoms with Gasteiger partial charge in [-0.2, -0.15) is 0 Å². The molecule has 28 heavy (non-hydrogen) atoms. The van der Waals surface area contributed by atoms with E-state index in [1.807, 2.05) is 48.5 Å². The first-order valence-electron chi connectivity index (χ1n) is 10.7. The van der Waals surface area contributed by atoms with Crippen molar-refractivity contribution in [1.82, 2.24) is 0 Å². The normalized spacial score (nSPS) is 19.4. The van der Waals surface area contributed by atoms with E-state index in [1.54, 1.807) is 0 Å². The Bertz CT molecular complexity index is 748. The number of ether oxygens (including phenoxy) is 1. The van der Waals surface area contributed by atoms with Gasteiger partial charge in [0.1, 0.15) is 5.75 Å². The zero-order valence-electron chi connectivity index (χ0n) is 16.8. The van der Waals surface area contributed by atoms with Gasteiger partial charge in [-0.25, -0.2) is 0 Å². The van der Waals surface area contributed by atoms with Gasteiger partial charge in [0.25, 0.3) is 0 Å². The van der Waals surface area contributed by atoms with Crippen LogP contribution in [0.25, 0.3) is 11.1 Å². The molecular weight excluding hydrogens is 368 g/mol. The molecule has 0 amide bonds. The molecule has 0 atom stereocenters. The minimum atomic E-state index is -0.126. The molecule has 2 aromatic rings. The van der Waals surface area contributed by atoms with Gasteiger partial charge in [0.15, 0.2) is 0 Å². The molecule has 0 bridgehead atoms. The van der Waals surface area contributed by atoms with Crippen molar-refractivity contribution < 1.29 is 9.53 Å². The molecule has 0 radical (unpaired) electrons. The van der Waals surface area contributed by atoms with Crippen molar-refractivity contribution in [3.8, 4) is 16.9 Å². The molecule has 0 saturated heterocycles. The average Bonchev–Trinajstić information content (AvgIpc) is 2.73. The van der Waals surface area contributed by atoms with Crippen LogP contribution in [0.15, 0.2) is 48.5 Å². The topological polar surface area (TPSA) is 26.3 Å². The van der Waals surface area contributed by atoms with Crippen LogP contribution in [0.1, 0.15) is 64.7 Å². The fourth-order valence-electron chi connectivity index (χ4n) is 4.13. The van der Waals surface area contributed by atoms with E-state index in [4.69, 9.17) is 16.3 Å². The van der Waals surface area contributed by atoms with Crippen molar-refractivity contribution in [3.63, 3.8) is 0 Å². The van der Waals surface area contributed by atoms with Gasteiger partial charge in [-0.15, -0.1) is 0 Å². The number of unbranched alkanes of at least 4 members (excludes halogenated alkanes) is 3. The summed E-state index contributed by atoms with van der Waals surface area (Å²) in [4.78, 5) is 12.6. The summed E-state index contributed by atoms with van der Waals surface area (Å²) >= 11 is 6.39. The van der Waals surface area contributed by atoms with Gasteiger partial charge in [-0.3, -0.25) is 4.79 Å². The Morgan fingerprint density at radius 2 is 1.71 bits per heavy atom. The van der Waals surface area contributed by atoms with E-state index < -0.39 is 0 Å². The quantitative estimate of drug-likeness (QED) is 0.259. The lowest BCUT2D eigenvalue weighted by molar-refractivity contribution is -0.140. The Balaban J connectivity index is 1.50. The fraction of sp³-hybridized carbons (Fsp3) is 0.480. The first-order chi connectivity index (χ1) is 13.7. The third-order valence-corrected chi connectivity index (χ3v) is 6.19. The molecule has 1 saturated carbocycles. The maximum atomic E-state index is 12.6. The van der Waals surface area contributed by atoms with Gasteiger partial charge >= 0.3 is 5.97 Å². The second-order valence-corrected chi connectivity index (χ2v) is 8.41. The number of esters is 1. The molecule has 0 heterocycles. The first kappa shape index (κ1) is 20.9. The van der Waals surface area contributed by atoms with Crippen LogP contribution < -0.4 is 4.74 Å². The molecule has 1 aliphatic carbocycles. The largest absolute Gasteiger partial charge is 0.425 e. The molecule has 1 fully saturated rings. The van der Waals surface area contributed by atoms with Gasteiger partial charge in [0, 0.05) is 0 Å². The zero-order chi connectivity index (χ0) is 19.8. The maximum absolute atomic E-state index is 12.6.